The highest BCUT2D eigenvalue weighted by Crippen LogP contribution is 2.34. The number of hydrogen-bond acceptors (Lipinski definition) is 9. The van der Waals surface area contributed by atoms with Gasteiger partial charge in [-0.25, -0.2) is 14.4 Å². The van der Waals surface area contributed by atoms with E-state index in [4.69, 9.17) is 25.8 Å². The summed E-state index contributed by atoms with van der Waals surface area (Å²) in [4.78, 5) is 49.1. The lowest BCUT2D eigenvalue weighted by Crippen LogP contribution is -2.22. The number of halogens is 1. The first kappa shape index (κ1) is 25.3. The molecule has 2 heterocycles. The van der Waals surface area contributed by atoms with E-state index >= 15 is 0 Å². The molecule has 32 heavy (non-hydrogen) atoms. The fourth-order valence-electron chi connectivity index (χ4n) is 2.85. The lowest BCUT2D eigenvalue weighted by Gasteiger charge is -2.08. The molecule has 0 atom stereocenters. The summed E-state index contributed by atoms with van der Waals surface area (Å²) in [7, 11) is 2.38. The Morgan fingerprint density at radius 2 is 1.69 bits per heavy atom. The van der Waals surface area contributed by atoms with Crippen LogP contribution in [0.15, 0.2) is 0 Å². The minimum atomic E-state index is -0.802. The Morgan fingerprint density at radius 3 is 2.25 bits per heavy atom. The molecule has 1 amide bonds. The number of hydrogen-bond donors (Lipinski definition) is 1. The van der Waals surface area contributed by atoms with E-state index in [1.54, 1.807) is 6.92 Å². The van der Waals surface area contributed by atoms with E-state index in [9.17, 15) is 19.2 Å². The van der Waals surface area contributed by atoms with Gasteiger partial charge < -0.3 is 19.5 Å². The maximum absolute atomic E-state index is 12.5. The van der Waals surface area contributed by atoms with E-state index in [-0.39, 0.29) is 32.1 Å². The number of nitrogens with zero attached hydrogens (tertiary/aromatic N) is 2. The summed E-state index contributed by atoms with van der Waals surface area (Å²) in [5, 5.41) is 6.92. The van der Waals surface area contributed by atoms with Gasteiger partial charge in [-0.1, -0.05) is 25.4 Å². The first-order valence-electron chi connectivity index (χ1n) is 9.51. The first-order valence-corrected chi connectivity index (χ1v) is 10.7. The lowest BCUT2D eigenvalue weighted by atomic mass is 10.1. The van der Waals surface area contributed by atoms with Gasteiger partial charge in [0, 0.05) is 6.54 Å². The second-order valence-corrected chi connectivity index (χ2v) is 8.57. The van der Waals surface area contributed by atoms with Gasteiger partial charge in [-0.3, -0.25) is 9.48 Å². The topological polar surface area (TPSA) is 126 Å². The van der Waals surface area contributed by atoms with Gasteiger partial charge in [0.2, 0.25) is 0 Å². The van der Waals surface area contributed by atoms with Gasteiger partial charge in [0.15, 0.2) is 6.61 Å². The molecule has 0 radical (unpaired) electrons. The van der Waals surface area contributed by atoms with Crippen molar-refractivity contribution < 1.29 is 33.4 Å². The first-order chi connectivity index (χ1) is 15.0. The molecule has 0 aromatic carbocycles. The van der Waals surface area contributed by atoms with Crippen molar-refractivity contribution in [2.45, 2.75) is 34.2 Å². The van der Waals surface area contributed by atoms with Gasteiger partial charge in [-0.2, -0.15) is 5.10 Å². The second kappa shape index (κ2) is 10.6. The predicted molar refractivity (Wildman–Crippen MR) is 117 cm³/mol. The Labute approximate surface area is 193 Å². The number of carbonyl (C=O) groups is 4. The SMILES string of the molecule is COC(=O)c1sc(NC(=O)COC(=O)c2c(C)nn(CC(C)C)c2Cl)c(C(=O)OC)c1C. The number of esters is 3. The number of aryl methyl sites for hydroxylation is 1. The minimum absolute atomic E-state index is 0.0198. The van der Waals surface area contributed by atoms with Crippen LogP contribution in [0.5, 0.6) is 0 Å². The average molecular weight is 486 g/mol. The van der Waals surface area contributed by atoms with Gasteiger partial charge in [0.25, 0.3) is 5.91 Å². The molecule has 1 N–H and O–H groups in total. The molecule has 0 aliphatic rings. The Balaban J connectivity index is 2.15. The molecular formula is C20H24ClN3O7S. The van der Waals surface area contributed by atoms with Crippen LogP contribution < -0.4 is 5.32 Å². The van der Waals surface area contributed by atoms with E-state index in [1.165, 1.54) is 25.8 Å². The summed E-state index contributed by atoms with van der Waals surface area (Å²) in [6, 6.07) is 0. The van der Waals surface area contributed by atoms with E-state index in [0.29, 0.717) is 17.8 Å². The normalized spacial score (nSPS) is 10.8. The molecule has 0 saturated carbocycles. The highest BCUT2D eigenvalue weighted by molar-refractivity contribution is 7.18. The zero-order chi connectivity index (χ0) is 24.2. The molecule has 0 bridgehead atoms. The molecule has 10 nitrogen and oxygen atoms in total. The van der Waals surface area contributed by atoms with Crippen molar-refractivity contribution in [2.24, 2.45) is 5.92 Å². The summed E-state index contributed by atoms with van der Waals surface area (Å²) < 4.78 is 16.0. The lowest BCUT2D eigenvalue weighted by molar-refractivity contribution is -0.119. The molecule has 174 valence electrons. The van der Waals surface area contributed by atoms with Crippen LogP contribution in [0.4, 0.5) is 5.00 Å². The smallest absolute Gasteiger partial charge is 0.348 e. The number of carbonyl (C=O) groups excluding carboxylic acids is 4. The van der Waals surface area contributed by atoms with Crippen LogP contribution in [-0.2, 0) is 25.5 Å². The number of aromatic nitrogens is 2. The van der Waals surface area contributed by atoms with Crippen molar-refractivity contribution in [1.82, 2.24) is 9.78 Å². The van der Waals surface area contributed by atoms with Gasteiger partial charge in [0.1, 0.15) is 20.6 Å². The Kier molecular flexibility index (Phi) is 8.39. The van der Waals surface area contributed by atoms with E-state index in [2.05, 4.69) is 10.4 Å². The summed E-state index contributed by atoms with van der Waals surface area (Å²) >= 11 is 7.11. The standard InChI is InChI=1S/C20H24ClN3O7S/c1-9(2)7-24-16(21)14(11(4)23-24)19(27)31-8-12(25)22-17-13(18(26)29-5)10(3)15(32-17)20(28)30-6/h9H,7-8H2,1-6H3,(H,22,25). The van der Waals surface area contributed by atoms with Gasteiger partial charge in [0.05, 0.1) is 25.5 Å². The fraction of sp³-hybridized carbons (Fsp3) is 0.450. The number of anilines is 1. The fourth-order valence-corrected chi connectivity index (χ4v) is 4.30. The van der Waals surface area contributed by atoms with Gasteiger partial charge in [-0.15, -0.1) is 11.3 Å². The molecule has 2 rings (SSSR count). The highest BCUT2D eigenvalue weighted by atomic mass is 35.5. The second-order valence-electron chi connectivity index (χ2n) is 7.19. The molecule has 0 unspecified atom stereocenters. The molecule has 0 saturated heterocycles. The Bertz CT molecular complexity index is 1060. The van der Waals surface area contributed by atoms with E-state index in [1.807, 2.05) is 13.8 Å². The van der Waals surface area contributed by atoms with Crippen LogP contribution >= 0.6 is 22.9 Å². The van der Waals surface area contributed by atoms with Crippen LogP contribution in [0.2, 0.25) is 5.15 Å². The molecule has 12 heteroatoms. The molecular weight excluding hydrogens is 462 g/mol. The number of amides is 1. The molecule has 2 aromatic heterocycles. The van der Waals surface area contributed by atoms with Crippen LogP contribution in [-0.4, -0.2) is 54.4 Å². The summed E-state index contributed by atoms with van der Waals surface area (Å²) in [6.45, 7) is 6.99. The maximum Gasteiger partial charge on any atom is 0.348 e. The number of ether oxygens (including phenoxy) is 3. The number of methoxy groups -OCH3 is 2. The van der Waals surface area contributed by atoms with Crippen LogP contribution in [0.3, 0.4) is 0 Å². The summed E-state index contributed by atoms with van der Waals surface area (Å²) in [5.41, 5.74) is 0.786. The summed E-state index contributed by atoms with van der Waals surface area (Å²) in [6.07, 6.45) is 0. The van der Waals surface area contributed by atoms with Crippen molar-refractivity contribution in [3.8, 4) is 0 Å². The Morgan fingerprint density at radius 1 is 1.06 bits per heavy atom. The molecule has 0 spiro atoms. The average Bonchev–Trinajstić information content (AvgIpc) is 3.19. The largest absolute Gasteiger partial charge is 0.465 e. The predicted octanol–water partition coefficient (Wildman–Crippen LogP) is 3.24. The highest BCUT2D eigenvalue weighted by Gasteiger charge is 2.27. The third kappa shape index (κ3) is 5.46. The quantitative estimate of drug-likeness (QED) is 0.446. The van der Waals surface area contributed by atoms with E-state index in [0.717, 1.165) is 11.3 Å². The molecule has 0 aliphatic carbocycles. The molecule has 0 aliphatic heterocycles. The van der Waals surface area contributed by atoms with Crippen molar-refractivity contribution in [2.75, 3.05) is 26.1 Å². The van der Waals surface area contributed by atoms with Crippen LogP contribution in [0.1, 0.15) is 55.5 Å². The minimum Gasteiger partial charge on any atom is -0.465 e. The maximum atomic E-state index is 12.5. The van der Waals surface area contributed by atoms with E-state index < -0.39 is 30.4 Å². The van der Waals surface area contributed by atoms with Crippen LogP contribution in [0, 0.1) is 19.8 Å². The molecule has 2 aromatic rings. The number of rotatable bonds is 8. The third-order valence-electron chi connectivity index (χ3n) is 4.30. The van der Waals surface area contributed by atoms with Crippen molar-refractivity contribution in [3.05, 3.63) is 32.4 Å². The number of nitrogens with one attached hydrogen (secondary N) is 1. The van der Waals surface area contributed by atoms with Crippen molar-refractivity contribution in [1.29, 1.82) is 0 Å². The van der Waals surface area contributed by atoms with Gasteiger partial charge >= 0.3 is 17.9 Å². The van der Waals surface area contributed by atoms with Crippen molar-refractivity contribution >= 4 is 51.8 Å². The Hall–Kier alpha value is -2.92. The monoisotopic (exact) mass is 485 g/mol. The zero-order valence-electron chi connectivity index (χ0n) is 18.5. The van der Waals surface area contributed by atoms with Crippen LogP contribution in [0.25, 0.3) is 0 Å². The third-order valence-corrected chi connectivity index (χ3v) is 5.87. The number of thiophene rings is 1. The zero-order valence-corrected chi connectivity index (χ0v) is 20.1. The van der Waals surface area contributed by atoms with Crippen molar-refractivity contribution in [3.63, 3.8) is 0 Å². The van der Waals surface area contributed by atoms with Gasteiger partial charge in [-0.05, 0) is 25.3 Å². The molecule has 0 fully saturated rings. The summed E-state index contributed by atoms with van der Waals surface area (Å²) in [5.74, 6) is -2.66.